The molecular formula is C6H12FO3P. The molecule has 0 aliphatic rings. The van der Waals surface area contributed by atoms with Crippen LogP contribution in [0.3, 0.4) is 0 Å². The zero-order chi connectivity index (χ0) is 9.07. The second-order valence-electron chi connectivity index (χ2n) is 2.26. The van der Waals surface area contributed by atoms with Crippen LogP contribution in [0.25, 0.3) is 0 Å². The Morgan fingerprint density at radius 1 is 1.55 bits per heavy atom. The maximum Gasteiger partial charge on any atom is 0.346 e. The van der Waals surface area contributed by atoms with E-state index in [2.05, 4.69) is 0 Å². The summed E-state index contributed by atoms with van der Waals surface area (Å²) >= 11 is 0. The molecule has 0 fully saturated rings. The quantitative estimate of drug-likeness (QED) is 0.674. The molecule has 0 amide bonds. The van der Waals surface area contributed by atoms with E-state index >= 15 is 0 Å². The molecule has 0 aromatic heterocycles. The minimum atomic E-state index is -3.09. The first-order chi connectivity index (χ1) is 4.98. The number of carbonyl (C=O) groups is 1. The molecule has 11 heavy (non-hydrogen) atoms. The summed E-state index contributed by atoms with van der Waals surface area (Å²) in [6.45, 7) is 3.08. The Kier molecular flexibility index (Phi) is 3.73. The summed E-state index contributed by atoms with van der Waals surface area (Å²) in [5.41, 5.74) is 0. The normalized spacial score (nSPS) is 14.5. The molecule has 1 atom stereocenters. The molecule has 0 aromatic rings. The van der Waals surface area contributed by atoms with Crippen molar-refractivity contribution in [2.45, 2.75) is 19.8 Å². The van der Waals surface area contributed by atoms with Crippen LogP contribution in [0.4, 0.5) is 4.39 Å². The fourth-order valence-corrected chi connectivity index (χ4v) is 2.24. The van der Waals surface area contributed by atoms with E-state index in [1.165, 1.54) is 0 Å². The van der Waals surface area contributed by atoms with Crippen molar-refractivity contribution in [2.75, 3.05) is 12.3 Å². The van der Waals surface area contributed by atoms with E-state index < -0.39 is 19.0 Å². The second-order valence-corrected chi connectivity index (χ2v) is 5.88. The maximum atomic E-state index is 12.7. The Labute approximate surface area is 65.0 Å². The van der Waals surface area contributed by atoms with Crippen LogP contribution in [0.2, 0.25) is 0 Å². The van der Waals surface area contributed by atoms with Gasteiger partial charge in [0.2, 0.25) is 5.91 Å². The predicted molar refractivity (Wildman–Crippen MR) is 41.2 cm³/mol. The molecule has 0 rings (SSSR count). The van der Waals surface area contributed by atoms with Gasteiger partial charge in [0.15, 0.2) is 0 Å². The SMILES string of the molecule is CCP(=O)(CC)C(F)C(=O)O. The monoisotopic (exact) mass is 182 g/mol. The zero-order valence-electron chi connectivity index (χ0n) is 6.58. The largest absolute Gasteiger partial charge is 0.479 e. The van der Waals surface area contributed by atoms with Crippen molar-refractivity contribution in [2.24, 2.45) is 0 Å². The molecule has 0 radical (unpaired) electrons. The van der Waals surface area contributed by atoms with Crippen LogP contribution in [-0.4, -0.2) is 29.3 Å². The summed E-state index contributed by atoms with van der Waals surface area (Å²) in [6, 6.07) is 0. The highest BCUT2D eigenvalue weighted by molar-refractivity contribution is 7.65. The highest BCUT2D eigenvalue weighted by Gasteiger charge is 2.35. The summed E-state index contributed by atoms with van der Waals surface area (Å²) in [7, 11) is -3.09. The van der Waals surface area contributed by atoms with Crippen molar-refractivity contribution >= 4 is 13.1 Å². The third-order valence-corrected chi connectivity index (χ3v) is 4.88. The first-order valence-corrected chi connectivity index (χ1v) is 5.57. The molecule has 0 heterocycles. The van der Waals surface area contributed by atoms with Gasteiger partial charge in [-0.15, -0.1) is 0 Å². The Morgan fingerprint density at radius 3 is 2.00 bits per heavy atom. The fraction of sp³-hybridized carbons (Fsp3) is 0.833. The molecular weight excluding hydrogens is 170 g/mol. The van der Waals surface area contributed by atoms with Gasteiger partial charge in [0, 0.05) is 12.3 Å². The van der Waals surface area contributed by atoms with Crippen LogP contribution >= 0.6 is 7.14 Å². The summed E-state index contributed by atoms with van der Waals surface area (Å²) < 4.78 is 24.0. The number of carboxylic acid groups (broad SMARTS) is 1. The van der Waals surface area contributed by atoms with Crippen molar-refractivity contribution in [3.05, 3.63) is 0 Å². The number of hydrogen-bond acceptors (Lipinski definition) is 2. The van der Waals surface area contributed by atoms with Crippen LogP contribution in [0, 0.1) is 0 Å². The Balaban J connectivity index is 4.51. The second kappa shape index (κ2) is 3.86. The number of halogens is 1. The number of hydrogen-bond donors (Lipinski definition) is 1. The van der Waals surface area contributed by atoms with Gasteiger partial charge in [-0.1, -0.05) is 13.8 Å². The van der Waals surface area contributed by atoms with E-state index in [-0.39, 0.29) is 12.3 Å². The van der Waals surface area contributed by atoms with Gasteiger partial charge in [-0.25, -0.2) is 9.18 Å². The van der Waals surface area contributed by atoms with E-state index in [1.54, 1.807) is 13.8 Å². The average Bonchev–Trinajstić information content (AvgIpc) is 2.01. The minimum Gasteiger partial charge on any atom is -0.479 e. The molecule has 0 aliphatic heterocycles. The minimum absolute atomic E-state index is 0.108. The zero-order valence-corrected chi connectivity index (χ0v) is 7.47. The van der Waals surface area contributed by atoms with E-state index in [4.69, 9.17) is 5.11 Å². The first-order valence-electron chi connectivity index (χ1n) is 3.42. The standard InChI is InChI=1S/C6H12FO3P/c1-3-11(10,4-2)5(7)6(8)9/h5H,3-4H2,1-2H3,(H,8,9). The summed E-state index contributed by atoms with van der Waals surface area (Å²) in [5.74, 6) is -3.80. The van der Waals surface area contributed by atoms with Gasteiger partial charge < -0.3 is 9.67 Å². The smallest absolute Gasteiger partial charge is 0.346 e. The topological polar surface area (TPSA) is 54.4 Å². The van der Waals surface area contributed by atoms with E-state index in [1.807, 2.05) is 0 Å². The lowest BCUT2D eigenvalue weighted by atomic mass is 10.8. The Bertz CT molecular complexity index is 184. The van der Waals surface area contributed by atoms with Crippen LogP contribution in [-0.2, 0) is 9.36 Å². The molecule has 66 valence electrons. The molecule has 0 aromatic carbocycles. The highest BCUT2D eigenvalue weighted by Crippen LogP contribution is 2.50. The van der Waals surface area contributed by atoms with Crippen molar-refractivity contribution in [1.29, 1.82) is 0 Å². The molecule has 0 saturated heterocycles. The van der Waals surface area contributed by atoms with Crippen LogP contribution in [0.5, 0.6) is 0 Å². The predicted octanol–water partition coefficient (Wildman–Crippen LogP) is 1.77. The number of aliphatic carboxylic acids is 1. The third-order valence-electron chi connectivity index (χ3n) is 1.69. The summed E-state index contributed by atoms with van der Waals surface area (Å²) in [4.78, 5) is 10.1. The van der Waals surface area contributed by atoms with Crippen molar-refractivity contribution in [1.82, 2.24) is 0 Å². The molecule has 3 nitrogen and oxygen atoms in total. The van der Waals surface area contributed by atoms with Gasteiger partial charge in [0.1, 0.15) is 7.14 Å². The molecule has 0 spiro atoms. The third kappa shape index (κ3) is 2.29. The molecule has 0 aliphatic carbocycles. The van der Waals surface area contributed by atoms with Gasteiger partial charge >= 0.3 is 5.97 Å². The van der Waals surface area contributed by atoms with Crippen LogP contribution in [0.15, 0.2) is 0 Å². The molecule has 1 unspecified atom stereocenters. The number of alkyl halides is 1. The van der Waals surface area contributed by atoms with Gasteiger partial charge in [-0.05, 0) is 0 Å². The summed E-state index contributed by atoms with van der Waals surface area (Å²) in [6.07, 6.45) is 0.216. The first kappa shape index (κ1) is 10.6. The van der Waals surface area contributed by atoms with E-state index in [0.29, 0.717) is 0 Å². The lowest BCUT2D eigenvalue weighted by Gasteiger charge is -2.14. The van der Waals surface area contributed by atoms with Crippen molar-refractivity contribution in [3.63, 3.8) is 0 Å². The van der Waals surface area contributed by atoms with Gasteiger partial charge in [0.25, 0.3) is 0 Å². The van der Waals surface area contributed by atoms with Crippen molar-refractivity contribution in [3.8, 4) is 0 Å². The molecule has 0 bridgehead atoms. The van der Waals surface area contributed by atoms with Gasteiger partial charge in [-0.2, -0.15) is 0 Å². The lowest BCUT2D eigenvalue weighted by molar-refractivity contribution is -0.139. The molecule has 5 heteroatoms. The average molecular weight is 182 g/mol. The highest BCUT2D eigenvalue weighted by atomic mass is 31.2. The maximum absolute atomic E-state index is 12.7. The number of carboxylic acids is 1. The van der Waals surface area contributed by atoms with Gasteiger partial charge in [0.05, 0.1) is 0 Å². The van der Waals surface area contributed by atoms with Gasteiger partial charge in [-0.3, -0.25) is 0 Å². The van der Waals surface area contributed by atoms with E-state index in [0.717, 1.165) is 0 Å². The fourth-order valence-electron chi connectivity index (χ4n) is 0.745. The van der Waals surface area contributed by atoms with Crippen LogP contribution in [0.1, 0.15) is 13.8 Å². The molecule has 0 saturated carbocycles. The molecule has 1 N–H and O–H groups in total. The number of rotatable bonds is 4. The summed E-state index contributed by atoms with van der Waals surface area (Å²) in [5, 5.41) is 8.23. The van der Waals surface area contributed by atoms with Crippen LogP contribution < -0.4 is 0 Å². The lowest BCUT2D eigenvalue weighted by Crippen LogP contribution is -2.17. The van der Waals surface area contributed by atoms with Crippen molar-refractivity contribution < 1.29 is 18.9 Å². The van der Waals surface area contributed by atoms with E-state index in [9.17, 15) is 13.8 Å². The Morgan fingerprint density at radius 2 is 1.91 bits per heavy atom. The Hall–Kier alpha value is -0.370.